The number of alkyl carbamates (subject to hydrolysis) is 2. The summed E-state index contributed by atoms with van der Waals surface area (Å²) in [6, 6.07) is 13.7. The minimum Gasteiger partial charge on any atom is -0.453 e. The number of aromatic nitrogens is 4. The van der Waals surface area contributed by atoms with E-state index >= 15 is 8.78 Å². The van der Waals surface area contributed by atoms with Crippen LogP contribution in [0.1, 0.15) is 94.7 Å². The van der Waals surface area contributed by atoms with Crippen molar-refractivity contribution in [2.75, 3.05) is 20.8 Å². The summed E-state index contributed by atoms with van der Waals surface area (Å²) in [6.45, 7) is 7.98. The van der Waals surface area contributed by atoms with Crippen molar-refractivity contribution < 1.29 is 37.4 Å². The van der Waals surface area contributed by atoms with Crippen molar-refractivity contribution in [3.8, 4) is 33.5 Å². The van der Waals surface area contributed by atoms with E-state index in [4.69, 9.17) is 14.5 Å². The van der Waals surface area contributed by atoms with E-state index in [0.717, 1.165) is 36.8 Å². The standard InChI is InChI=1S/C47H52F2N8O6/c1-23(2)38(54-45(60)62-5)43(58)56-17-7-8-37(56)41-50-22-36(53-41)27-11-15-31-30-14-10-25(19-32(30)47(48,49)33(31)20-27)26-12-16-34-35(21-26)52-42(51-34)40-28-9-13-29(18-28)57(40)44(59)39(24(3)4)55-46(61)63-6/h10-12,14-16,19-24,28-29,37-40H,7-9,13,17-18H2,1-6H3,(H,50,53)(H,51,52)(H,54,60)(H,55,61)/t28-,29+,37-,38-,39-,40-/m0/s1. The molecule has 4 heterocycles. The molecule has 16 heteroatoms. The van der Waals surface area contributed by atoms with Crippen molar-refractivity contribution in [2.45, 2.75) is 95.9 Å². The van der Waals surface area contributed by atoms with Gasteiger partial charge in [0.15, 0.2) is 0 Å². The van der Waals surface area contributed by atoms with E-state index in [1.54, 1.807) is 35.4 Å². The molecule has 6 atom stereocenters. The van der Waals surface area contributed by atoms with Crippen LogP contribution in [0.4, 0.5) is 18.4 Å². The zero-order valence-electron chi connectivity index (χ0n) is 36.1. The number of nitrogens with one attached hydrogen (secondary N) is 4. The third-order valence-electron chi connectivity index (χ3n) is 13.5. The van der Waals surface area contributed by atoms with Crippen molar-refractivity contribution in [3.63, 3.8) is 0 Å². The lowest BCUT2D eigenvalue weighted by Crippen LogP contribution is -2.54. The first-order valence-corrected chi connectivity index (χ1v) is 21.7. The second kappa shape index (κ2) is 16.1. The summed E-state index contributed by atoms with van der Waals surface area (Å²) < 4.78 is 42.7. The monoisotopic (exact) mass is 862 g/mol. The number of alkyl halides is 2. The second-order valence-electron chi connectivity index (χ2n) is 18.0. The number of amides is 4. The van der Waals surface area contributed by atoms with Crippen LogP contribution < -0.4 is 10.6 Å². The summed E-state index contributed by atoms with van der Waals surface area (Å²) in [4.78, 5) is 71.8. The average molecular weight is 863 g/mol. The van der Waals surface area contributed by atoms with Gasteiger partial charge in [0.25, 0.3) is 5.92 Å². The van der Waals surface area contributed by atoms with Gasteiger partial charge in [0.1, 0.15) is 23.7 Å². The molecule has 9 rings (SSSR count). The molecule has 0 spiro atoms. The fourth-order valence-corrected chi connectivity index (χ4v) is 10.3. The molecule has 3 aromatic carbocycles. The molecule has 14 nitrogen and oxygen atoms in total. The van der Waals surface area contributed by atoms with Gasteiger partial charge in [-0.1, -0.05) is 58.0 Å². The number of likely N-dealkylation sites (tertiary alicyclic amines) is 2. The van der Waals surface area contributed by atoms with E-state index in [9.17, 15) is 19.2 Å². The molecule has 3 fully saturated rings. The number of methoxy groups -OCH3 is 2. The van der Waals surface area contributed by atoms with Gasteiger partial charge in [-0.3, -0.25) is 9.59 Å². The van der Waals surface area contributed by atoms with Crippen LogP contribution in [-0.4, -0.2) is 92.6 Å². The van der Waals surface area contributed by atoms with Crippen LogP contribution in [0.3, 0.4) is 0 Å². The van der Waals surface area contributed by atoms with Crippen molar-refractivity contribution in [1.82, 2.24) is 40.4 Å². The second-order valence-corrected chi connectivity index (χ2v) is 18.0. The Balaban J connectivity index is 0.952. The first-order chi connectivity index (χ1) is 30.2. The molecule has 4 N–H and O–H groups in total. The zero-order chi connectivity index (χ0) is 44.5. The predicted molar refractivity (Wildman–Crippen MR) is 230 cm³/mol. The van der Waals surface area contributed by atoms with E-state index in [-0.39, 0.29) is 58.8 Å². The molecule has 63 heavy (non-hydrogen) atoms. The number of ether oxygens (including phenoxy) is 2. The van der Waals surface area contributed by atoms with Crippen LogP contribution in [0.25, 0.3) is 44.5 Å². The third-order valence-corrected chi connectivity index (χ3v) is 13.5. The van der Waals surface area contributed by atoms with E-state index in [0.29, 0.717) is 58.1 Å². The highest BCUT2D eigenvalue weighted by Crippen LogP contribution is 2.53. The lowest BCUT2D eigenvalue weighted by molar-refractivity contribution is -0.139. The van der Waals surface area contributed by atoms with Crippen molar-refractivity contribution >= 4 is 35.0 Å². The molecule has 1 saturated carbocycles. The number of carbonyl (C=O) groups excluding carboxylic acids is 4. The van der Waals surface area contributed by atoms with Gasteiger partial charge in [0, 0.05) is 29.3 Å². The van der Waals surface area contributed by atoms with Gasteiger partial charge in [-0.25, -0.2) is 19.6 Å². The molecule has 2 saturated heterocycles. The Labute approximate surface area is 363 Å². The number of piperidine rings is 1. The third kappa shape index (κ3) is 7.26. The Bertz CT molecular complexity index is 2620. The van der Waals surface area contributed by atoms with Crippen LogP contribution in [-0.2, 0) is 25.0 Å². The number of imidazole rings is 2. The van der Waals surface area contributed by atoms with Gasteiger partial charge in [-0.2, -0.15) is 8.78 Å². The summed E-state index contributed by atoms with van der Waals surface area (Å²) in [5.41, 5.74) is 4.62. The number of carbonyl (C=O) groups is 4. The summed E-state index contributed by atoms with van der Waals surface area (Å²) in [7, 11) is 2.53. The molecule has 2 bridgehead atoms. The Hall–Kier alpha value is -6.32. The molecule has 0 unspecified atom stereocenters. The number of H-pyrrole nitrogens is 2. The van der Waals surface area contributed by atoms with Crippen LogP contribution in [0.5, 0.6) is 0 Å². The van der Waals surface area contributed by atoms with Crippen molar-refractivity contribution in [2.24, 2.45) is 17.8 Å². The SMILES string of the molecule is COC(=O)N[C@H](C(=O)N1CCC[C@H]1c1ncc(-c2ccc3c(c2)C(F)(F)c2cc(-c4ccc5nc([C@@H]6[C@H]7CC[C@H](C7)N6C(=O)[C@@H](NC(=O)OC)C(C)C)[nH]c5c4)ccc2-3)[nH]1)C(C)C. The maximum atomic E-state index is 16.6. The summed E-state index contributed by atoms with van der Waals surface area (Å²) >= 11 is 0. The normalized spacial score (nSPS) is 21.7. The van der Waals surface area contributed by atoms with Crippen LogP contribution in [0.2, 0.25) is 0 Å². The number of rotatable bonds is 10. The lowest BCUT2D eigenvalue weighted by atomic mass is 9.95. The lowest BCUT2D eigenvalue weighted by Gasteiger charge is -2.37. The molecule has 4 aliphatic rings. The molecule has 2 aliphatic carbocycles. The van der Waals surface area contributed by atoms with Gasteiger partial charge >= 0.3 is 12.2 Å². The number of nitrogens with zero attached hydrogens (tertiary/aromatic N) is 4. The molecular formula is C47H52F2N8O6. The maximum Gasteiger partial charge on any atom is 0.407 e. The Morgan fingerprint density at radius 3 is 2.06 bits per heavy atom. The highest BCUT2D eigenvalue weighted by Gasteiger charge is 2.52. The molecule has 2 aromatic heterocycles. The highest BCUT2D eigenvalue weighted by atomic mass is 19.3. The average Bonchev–Trinajstić information content (AvgIpc) is 4.15. The van der Waals surface area contributed by atoms with Crippen LogP contribution in [0, 0.1) is 17.8 Å². The van der Waals surface area contributed by atoms with Crippen molar-refractivity contribution in [1.29, 1.82) is 0 Å². The van der Waals surface area contributed by atoms with E-state index in [1.807, 2.05) is 56.9 Å². The fraction of sp³-hybridized carbons (Fsp3) is 0.447. The number of hydrogen-bond acceptors (Lipinski definition) is 8. The summed E-state index contributed by atoms with van der Waals surface area (Å²) in [5, 5.41) is 5.38. The number of halogens is 2. The van der Waals surface area contributed by atoms with Gasteiger partial charge in [-0.15, -0.1) is 0 Å². The summed E-state index contributed by atoms with van der Waals surface area (Å²) in [5.74, 6) is -2.59. The van der Waals surface area contributed by atoms with Gasteiger partial charge in [0.2, 0.25) is 11.8 Å². The topological polar surface area (TPSA) is 175 Å². The number of aromatic amines is 2. The molecule has 4 amide bonds. The Morgan fingerprint density at radius 2 is 1.40 bits per heavy atom. The maximum absolute atomic E-state index is 16.6. The summed E-state index contributed by atoms with van der Waals surface area (Å²) in [6.07, 6.45) is 4.39. The highest BCUT2D eigenvalue weighted by molar-refractivity contribution is 5.89. The Kier molecular flexibility index (Phi) is 10.7. The first kappa shape index (κ1) is 42.0. The zero-order valence-corrected chi connectivity index (χ0v) is 36.1. The van der Waals surface area contributed by atoms with E-state index < -0.39 is 30.2 Å². The molecule has 5 aromatic rings. The Morgan fingerprint density at radius 1 is 0.778 bits per heavy atom. The van der Waals surface area contributed by atoms with Crippen LogP contribution >= 0.6 is 0 Å². The van der Waals surface area contributed by atoms with Crippen LogP contribution in [0.15, 0.2) is 60.8 Å². The molecular weight excluding hydrogens is 811 g/mol. The molecule has 330 valence electrons. The quantitative estimate of drug-likeness (QED) is 0.109. The number of hydrogen-bond donors (Lipinski definition) is 4. The minimum atomic E-state index is -3.29. The minimum absolute atomic E-state index is 0.0456. The van der Waals surface area contributed by atoms with E-state index in [1.165, 1.54) is 20.3 Å². The van der Waals surface area contributed by atoms with Gasteiger partial charge < -0.3 is 39.9 Å². The van der Waals surface area contributed by atoms with Gasteiger partial charge in [-0.05, 0) is 96.4 Å². The number of fused-ring (bicyclic) bond motifs is 6. The fourth-order valence-electron chi connectivity index (χ4n) is 10.3. The predicted octanol–water partition coefficient (Wildman–Crippen LogP) is 8.22. The van der Waals surface area contributed by atoms with E-state index in [2.05, 4.69) is 25.6 Å². The first-order valence-electron chi connectivity index (χ1n) is 21.7. The number of benzene rings is 3. The molecule has 0 radical (unpaired) electrons. The largest absolute Gasteiger partial charge is 0.453 e. The van der Waals surface area contributed by atoms with Crippen molar-refractivity contribution in [3.05, 3.63) is 83.6 Å². The smallest absolute Gasteiger partial charge is 0.407 e. The van der Waals surface area contributed by atoms with Gasteiger partial charge in [0.05, 0.1) is 49.2 Å². The molecule has 2 aliphatic heterocycles.